The fraction of sp³-hybridized carbons (Fsp3) is 0.294. The second-order valence-electron chi connectivity index (χ2n) is 5.21. The number of hydrogen-bond acceptors (Lipinski definition) is 2. The fourth-order valence-corrected chi connectivity index (χ4v) is 2.71. The van der Waals surface area contributed by atoms with Crippen LogP contribution in [0, 0.1) is 13.8 Å². The van der Waals surface area contributed by atoms with Crippen LogP contribution in [0.1, 0.15) is 35.2 Å². The monoisotopic (exact) mass is 333 g/mol. The molecule has 0 spiro atoms. The number of benzene rings is 2. The lowest BCUT2D eigenvalue weighted by Crippen LogP contribution is -2.19. The van der Waals surface area contributed by atoms with Gasteiger partial charge in [0.25, 0.3) is 0 Å². The third kappa shape index (κ3) is 3.41. The lowest BCUT2D eigenvalue weighted by atomic mass is 10.00. The number of nitrogens with one attached hydrogen (secondary N) is 1. The highest BCUT2D eigenvalue weighted by molar-refractivity contribution is 9.10. The van der Waals surface area contributed by atoms with E-state index in [0.29, 0.717) is 12.3 Å². The minimum absolute atomic E-state index is 0.244. The van der Waals surface area contributed by atoms with Crippen molar-refractivity contribution in [2.24, 2.45) is 0 Å². The first-order valence-electron chi connectivity index (χ1n) is 6.76. The molecule has 1 unspecified atom stereocenters. The third-order valence-electron chi connectivity index (χ3n) is 3.57. The van der Waals surface area contributed by atoms with Gasteiger partial charge in [-0.15, -0.1) is 0 Å². The van der Waals surface area contributed by atoms with E-state index in [1.807, 2.05) is 18.2 Å². The van der Waals surface area contributed by atoms with Crippen LogP contribution in [0.5, 0.6) is 5.75 Å². The van der Waals surface area contributed by atoms with Crippen molar-refractivity contribution in [3.05, 3.63) is 63.1 Å². The molecule has 2 aromatic rings. The summed E-state index contributed by atoms with van der Waals surface area (Å²) in [7, 11) is 0. The molecule has 0 saturated carbocycles. The molecule has 2 aromatic carbocycles. The van der Waals surface area contributed by atoms with Crippen LogP contribution in [0.4, 0.5) is 0 Å². The Hall–Kier alpha value is -1.32. The fourth-order valence-electron chi connectivity index (χ4n) is 2.30. The molecule has 20 heavy (non-hydrogen) atoms. The number of rotatable bonds is 4. The molecule has 0 saturated heterocycles. The molecule has 106 valence electrons. The Bertz CT molecular complexity index is 610. The zero-order valence-corrected chi connectivity index (χ0v) is 13.7. The Balaban J connectivity index is 2.10. The number of hydrogen-bond donors (Lipinski definition) is 2. The maximum absolute atomic E-state index is 9.99. The minimum Gasteiger partial charge on any atom is -0.506 e. The highest BCUT2D eigenvalue weighted by Gasteiger charge is 2.10. The molecular formula is C17H20BrNO. The number of aromatic hydroxyl groups is 1. The van der Waals surface area contributed by atoms with E-state index in [1.54, 1.807) is 0 Å². The van der Waals surface area contributed by atoms with Crippen LogP contribution in [0.25, 0.3) is 0 Å². The van der Waals surface area contributed by atoms with Crippen molar-refractivity contribution in [2.75, 3.05) is 0 Å². The Kier molecular flexibility index (Phi) is 4.84. The van der Waals surface area contributed by atoms with E-state index in [-0.39, 0.29) is 6.04 Å². The van der Waals surface area contributed by atoms with Gasteiger partial charge in [0.2, 0.25) is 0 Å². The molecular weight excluding hydrogens is 314 g/mol. The molecule has 0 fully saturated rings. The molecule has 1 atom stereocenters. The molecule has 2 nitrogen and oxygen atoms in total. The molecule has 3 heteroatoms. The van der Waals surface area contributed by atoms with Gasteiger partial charge in [-0.25, -0.2) is 0 Å². The van der Waals surface area contributed by atoms with Gasteiger partial charge in [-0.05, 0) is 53.9 Å². The Morgan fingerprint density at radius 1 is 1.20 bits per heavy atom. The molecule has 0 heterocycles. The first-order chi connectivity index (χ1) is 9.49. The Morgan fingerprint density at radius 2 is 1.95 bits per heavy atom. The van der Waals surface area contributed by atoms with Gasteiger partial charge in [-0.2, -0.15) is 0 Å². The summed E-state index contributed by atoms with van der Waals surface area (Å²) < 4.78 is 0.733. The van der Waals surface area contributed by atoms with Crippen LogP contribution < -0.4 is 5.32 Å². The summed E-state index contributed by atoms with van der Waals surface area (Å²) >= 11 is 3.34. The van der Waals surface area contributed by atoms with E-state index in [4.69, 9.17) is 0 Å². The van der Waals surface area contributed by atoms with Crippen LogP contribution in [0.3, 0.4) is 0 Å². The average Bonchev–Trinajstić information content (AvgIpc) is 2.43. The summed E-state index contributed by atoms with van der Waals surface area (Å²) in [4.78, 5) is 0. The number of aryl methyl sites for hydroxylation is 2. The lowest BCUT2D eigenvalue weighted by molar-refractivity contribution is 0.457. The first-order valence-corrected chi connectivity index (χ1v) is 7.55. The second-order valence-corrected chi connectivity index (χ2v) is 6.06. The zero-order valence-electron chi connectivity index (χ0n) is 12.1. The van der Waals surface area contributed by atoms with Crippen molar-refractivity contribution in [1.29, 1.82) is 0 Å². The minimum atomic E-state index is 0.244. The van der Waals surface area contributed by atoms with E-state index in [0.717, 1.165) is 10.0 Å². The number of para-hydroxylation sites is 1. The van der Waals surface area contributed by atoms with E-state index in [1.165, 1.54) is 16.7 Å². The topological polar surface area (TPSA) is 32.3 Å². The van der Waals surface area contributed by atoms with Gasteiger partial charge in [-0.1, -0.05) is 35.9 Å². The standard InChI is InChI=1S/C17H20BrNO/c1-11-7-8-12(2)15(9-11)13(3)19-10-14-5-4-6-16(18)17(14)20/h4-9,13,19-20H,10H2,1-3H3. The van der Waals surface area contributed by atoms with Gasteiger partial charge in [0, 0.05) is 18.2 Å². The maximum atomic E-state index is 9.99. The summed E-state index contributed by atoms with van der Waals surface area (Å²) in [6.07, 6.45) is 0. The van der Waals surface area contributed by atoms with Gasteiger partial charge in [0.1, 0.15) is 5.75 Å². The quantitative estimate of drug-likeness (QED) is 0.855. The number of phenolic OH excluding ortho intramolecular Hbond substituents is 1. The third-order valence-corrected chi connectivity index (χ3v) is 4.21. The van der Waals surface area contributed by atoms with Crippen molar-refractivity contribution in [2.45, 2.75) is 33.4 Å². The van der Waals surface area contributed by atoms with Gasteiger partial charge in [0.05, 0.1) is 4.47 Å². The molecule has 2 N–H and O–H groups in total. The van der Waals surface area contributed by atoms with Crippen LogP contribution in [0.15, 0.2) is 40.9 Å². The van der Waals surface area contributed by atoms with E-state index < -0.39 is 0 Å². The molecule has 0 aliphatic heterocycles. The van der Waals surface area contributed by atoms with Crippen molar-refractivity contribution in [3.8, 4) is 5.75 Å². The van der Waals surface area contributed by atoms with Crippen molar-refractivity contribution < 1.29 is 5.11 Å². The summed E-state index contributed by atoms with van der Waals surface area (Å²) in [6.45, 7) is 7.02. The maximum Gasteiger partial charge on any atom is 0.134 e. The van der Waals surface area contributed by atoms with E-state index in [2.05, 4.69) is 60.2 Å². The highest BCUT2D eigenvalue weighted by Crippen LogP contribution is 2.28. The molecule has 0 aromatic heterocycles. The van der Waals surface area contributed by atoms with Crippen molar-refractivity contribution >= 4 is 15.9 Å². The second kappa shape index (κ2) is 6.42. The van der Waals surface area contributed by atoms with E-state index in [9.17, 15) is 5.11 Å². The van der Waals surface area contributed by atoms with Gasteiger partial charge < -0.3 is 10.4 Å². The predicted octanol–water partition coefficient (Wildman–Crippen LogP) is 4.62. The summed E-state index contributed by atoms with van der Waals surface area (Å²) in [6, 6.07) is 12.5. The largest absolute Gasteiger partial charge is 0.506 e. The normalized spacial score (nSPS) is 12.4. The number of halogens is 1. The molecule has 2 rings (SSSR count). The molecule has 0 aliphatic carbocycles. The average molecular weight is 334 g/mol. The van der Waals surface area contributed by atoms with Crippen molar-refractivity contribution in [1.82, 2.24) is 5.32 Å². The molecule has 0 radical (unpaired) electrons. The molecule has 0 bridgehead atoms. The van der Waals surface area contributed by atoms with Crippen LogP contribution in [0.2, 0.25) is 0 Å². The Morgan fingerprint density at radius 3 is 2.70 bits per heavy atom. The van der Waals surface area contributed by atoms with Crippen LogP contribution in [-0.4, -0.2) is 5.11 Å². The van der Waals surface area contributed by atoms with Crippen molar-refractivity contribution in [3.63, 3.8) is 0 Å². The molecule has 0 aliphatic rings. The van der Waals surface area contributed by atoms with Crippen LogP contribution in [-0.2, 0) is 6.54 Å². The summed E-state index contributed by atoms with van der Waals surface area (Å²) in [5.74, 6) is 0.313. The van der Waals surface area contributed by atoms with Gasteiger partial charge >= 0.3 is 0 Å². The van der Waals surface area contributed by atoms with Gasteiger partial charge in [-0.3, -0.25) is 0 Å². The molecule has 0 amide bonds. The van der Waals surface area contributed by atoms with E-state index >= 15 is 0 Å². The number of phenols is 1. The lowest BCUT2D eigenvalue weighted by Gasteiger charge is -2.18. The highest BCUT2D eigenvalue weighted by atomic mass is 79.9. The van der Waals surface area contributed by atoms with Gasteiger partial charge in [0.15, 0.2) is 0 Å². The Labute approximate surface area is 129 Å². The summed E-state index contributed by atoms with van der Waals surface area (Å²) in [5.41, 5.74) is 4.76. The summed E-state index contributed by atoms with van der Waals surface area (Å²) in [5, 5.41) is 13.5. The zero-order chi connectivity index (χ0) is 14.7. The first kappa shape index (κ1) is 15.1. The smallest absolute Gasteiger partial charge is 0.134 e. The SMILES string of the molecule is Cc1ccc(C)c(C(C)NCc2cccc(Br)c2O)c1. The van der Waals surface area contributed by atoms with Crippen LogP contribution >= 0.6 is 15.9 Å². The predicted molar refractivity (Wildman–Crippen MR) is 87.0 cm³/mol.